The molecule has 2 rings (SSSR count). The highest BCUT2D eigenvalue weighted by atomic mass is 16.2. The van der Waals surface area contributed by atoms with Crippen LogP contribution in [0.5, 0.6) is 0 Å². The second-order valence-corrected chi connectivity index (χ2v) is 3.00. The van der Waals surface area contributed by atoms with E-state index in [9.17, 15) is 0 Å². The molecule has 13 heavy (non-hydrogen) atoms. The van der Waals surface area contributed by atoms with Gasteiger partial charge in [-0.05, 0) is 18.6 Å². The summed E-state index contributed by atoms with van der Waals surface area (Å²) < 4.78 is 2.05. The van der Waals surface area contributed by atoms with Crippen molar-refractivity contribution < 1.29 is 5.11 Å². The summed E-state index contributed by atoms with van der Waals surface area (Å²) in [6.07, 6.45) is 5.45. The summed E-state index contributed by atoms with van der Waals surface area (Å²) in [6, 6.07) is 6.00. The Bertz CT molecular complexity index is 394. The lowest BCUT2D eigenvalue weighted by Crippen LogP contribution is -1.96. The van der Waals surface area contributed by atoms with Crippen LogP contribution in [0.1, 0.15) is 12.2 Å². The molecular weight excluding hydrogens is 164 g/mol. The topological polar surface area (TPSA) is 37.5 Å². The third kappa shape index (κ3) is 1.55. The van der Waals surface area contributed by atoms with Crippen LogP contribution in [-0.2, 0) is 6.42 Å². The monoisotopic (exact) mass is 176 g/mol. The number of nitrogens with zero attached hydrogens (tertiary/aromatic N) is 2. The Labute approximate surface area is 76.7 Å². The molecule has 1 N–H and O–H groups in total. The minimum Gasteiger partial charge on any atom is -0.396 e. The lowest BCUT2D eigenvalue weighted by atomic mass is 10.3. The Balaban J connectivity index is 2.35. The van der Waals surface area contributed by atoms with Gasteiger partial charge in [-0.3, -0.25) is 0 Å². The summed E-state index contributed by atoms with van der Waals surface area (Å²) in [5.74, 6) is 1.02. The quantitative estimate of drug-likeness (QED) is 0.764. The van der Waals surface area contributed by atoms with Crippen molar-refractivity contribution in [2.45, 2.75) is 12.8 Å². The van der Waals surface area contributed by atoms with Gasteiger partial charge >= 0.3 is 0 Å². The highest BCUT2D eigenvalue weighted by molar-refractivity contribution is 5.45. The minimum atomic E-state index is 0.224. The molecule has 2 aromatic rings. The summed E-state index contributed by atoms with van der Waals surface area (Å²) in [6.45, 7) is 0.224. The number of aliphatic hydroxyl groups excluding tert-OH is 1. The predicted octanol–water partition coefficient (Wildman–Crippen LogP) is 1.26. The Kier molecular flexibility index (Phi) is 2.27. The van der Waals surface area contributed by atoms with Gasteiger partial charge in [0.25, 0.3) is 0 Å². The molecule has 0 bridgehead atoms. The highest BCUT2D eigenvalue weighted by Crippen LogP contribution is 2.07. The zero-order valence-electron chi connectivity index (χ0n) is 7.35. The molecule has 0 aromatic carbocycles. The number of pyridine rings is 1. The SMILES string of the molecule is OCCCc1ncc2ccccn12. The van der Waals surface area contributed by atoms with E-state index in [1.165, 1.54) is 0 Å². The van der Waals surface area contributed by atoms with E-state index in [0.717, 1.165) is 24.2 Å². The standard InChI is InChI=1S/C10H12N2O/c13-7-3-5-10-11-8-9-4-1-2-6-12(9)10/h1-2,4,6,8,13H,3,5,7H2. The van der Waals surface area contributed by atoms with Crippen molar-refractivity contribution >= 4 is 5.52 Å². The molecule has 0 amide bonds. The summed E-state index contributed by atoms with van der Waals surface area (Å²) in [4.78, 5) is 4.28. The number of rotatable bonds is 3. The molecule has 0 unspecified atom stereocenters. The van der Waals surface area contributed by atoms with Crippen molar-refractivity contribution in [3.05, 3.63) is 36.4 Å². The fraction of sp³-hybridized carbons (Fsp3) is 0.300. The van der Waals surface area contributed by atoms with Gasteiger partial charge in [0.1, 0.15) is 5.82 Å². The van der Waals surface area contributed by atoms with Crippen LogP contribution in [0, 0.1) is 0 Å². The van der Waals surface area contributed by atoms with Crippen LogP contribution in [0.4, 0.5) is 0 Å². The number of imidazole rings is 1. The number of aromatic nitrogens is 2. The van der Waals surface area contributed by atoms with Crippen molar-refractivity contribution in [1.29, 1.82) is 0 Å². The van der Waals surface area contributed by atoms with Gasteiger partial charge in [-0.1, -0.05) is 6.07 Å². The zero-order chi connectivity index (χ0) is 9.10. The van der Waals surface area contributed by atoms with Gasteiger partial charge in [0.05, 0.1) is 11.7 Å². The fourth-order valence-electron chi connectivity index (χ4n) is 1.42. The van der Waals surface area contributed by atoms with Gasteiger partial charge in [-0.25, -0.2) is 4.98 Å². The van der Waals surface area contributed by atoms with Crippen LogP contribution in [0.3, 0.4) is 0 Å². The molecule has 3 nitrogen and oxygen atoms in total. The van der Waals surface area contributed by atoms with Crippen molar-refractivity contribution in [2.24, 2.45) is 0 Å². The second kappa shape index (κ2) is 3.58. The van der Waals surface area contributed by atoms with Crippen LogP contribution < -0.4 is 0 Å². The molecule has 0 aliphatic rings. The largest absolute Gasteiger partial charge is 0.396 e. The van der Waals surface area contributed by atoms with Crippen molar-refractivity contribution in [1.82, 2.24) is 9.38 Å². The fourth-order valence-corrected chi connectivity index (χ4v) is 1.42. The van der Waals surface area contributed by atoms with Gasteiger partial charge in [-0.2, -0.15) is 0 Å². The van der Waals surface area contributed by atoms with Gasteiger partial charge in [0, 0.05) is 19.2 Å². The molecule has 0 atom stereocenters. The first-order valence-corrected chi connectivity index (χ1v) is 4.43. The molecule has 2 aromatic heterocycles. The molecule has 0 saturated heterocycles. The molecule has 0 spiro atoms. The normalized spacial score (nSPS) is 10.8. The number of fused-ring (bicyclic) bond motifs is 1. The molecule has 0 aliphatic heterocycles. The van der Waals surface area contributed by atoms with Crippen LogP contribution in [0.2, 0.25) is 0 Å². The third-order valence-corrected chi connectivity index (χ3v) is 2.07. The molecule has 0 saturated carbocycles. The van der Waals surface area contributed by atoms with Crippen LogP contribution in [0.15, 0.2) is 30.6 Å². The second-order valence-electron chi connectivity index (χ2n) is 3.00. The summed E-state index contributed by atoms with van der Waals surface area (Å²) in [5.41, 5.74) is 1.11. The van der Waals surface area contributed by atoms with E-state index in [1.54, 1.807) is 0 Å². The average Bonchev–Trinajstić information content (AvgIpc) is 2.58. The highest BCUT2D eigenvalue weighted by Gasteiger charge is 2.00. The number of aryl methyl sites for hydroxylation is 1. The van der Waals surface area contributed by atoms with Crippen LogP contribution in [-0.4, -0.2) is 21.1 Å². The lowest BCUT2D eigenvalue weighted by Gasteiger charge is -1.98. The Morgan fingerprint density at radius 3 is 3.15 bits per heavy atom. The van der Waals surface area contributed by atoms with Crippen molar-refractivity contribution in [3.63, 3.8) is 0 Å². The van der Waals surface area contributed by atoms with E-state index >= 15 is 0 Å². The molecule has 0 radical (unpaired) electrons. The maximum absolute atomic E-state index is 8.70. The maximum atomic E-state index is 8.70. The van der Waals surface area contributed by atoms with Gasteiger partial charge < -0.3 is 9.51 Å². The van der Waals surface area contributed by atoms with Gasteiger partial charge in [0.15, 0.2) is 0 Å². The van der Waals surface area contributed by atoms with Gasteiger partial charge in [-0.15, -0.1) is 0 Å². The molecule has 68 valence electrons. The molecular formula is C10H12N2O. The van der Waals surface area contributed by atoms with Gasteiger partial charge in [0.2, 0.25) is 0 Å². The number of hydrogen-bond donors (Lipinski definition) is 1. The number of hydrogen-bond acceptors (Lipinski definition) is 2. The predicted molar refractivity (Wildman–Crippen MR) is 50.6 cm³/mol. The van der Waals surface area contributed by atoms with E-state index in [-0.39, 0.29) is 6.61 Å². The maximum Gasteiger partial charge on any atom is 0.113 e. The van der Waals surface area contributed by atoms with E-state index in [0.29, 0.717) is 0 Å². The molecule has 0 fully saturated rings. The zero-order valence-corrected chi connectivity index (χ0v) is 7.35. The summed E-state index contributed by atoms with van der Waals surface area (Å²) in [7, 11) is 0. The lowest BCUT2D eigenvalue weighted by molar-refractivity contribution is 0.287. The van der Waals surface area contributed by atoms with E-state index in [2.05, 4.69) is 9.38 Å². The first kappa shape index (κ1) is 8.26. The summed E-state index contributed by atoms with van der Waals surface area (Å²) >= 11 is 0. The molecule has 3 heteroatoms. The van der Waals surface area contributed by atoms with E-state index < -0.39 is 0 Å². The first-order valence-electron chi connectivity index (χ1n) is 4.43. The Morgan fingerprint density at radius 1 is 1.38 bits per heavy atom. The van der Waals surface area contributed by atoms with Crippen LogP contribution >= 0.6 is 0 Å². The first-order chi connectivity index (χ1) is 6.42. The Hall–Kier alpha value is -1.35. The molecule has 2 heterocycles. The van der Waals surface area contributed by atoms with Crippen molar-refractivity contribution in [2.75, 3.05) is 6.61 Å². The van der Waals surface area contributed by atoms with Crippen molar-refractivity contribution in [3.8, 4) is 0 Å². The number of aliphatic hydroxyl groups is 1. The molecule has 0 aliphatic carbocycles. The summed E-state index contributed by atoms with van der Waals surface area (Å²) in [5, 5.41) is 8.70. The van der Waals surface area contributed by atoms with Crippen LogP contribution in [0.25, 0.3) is 5.52 Å². The smallest absolute Gasteiger partial charge is 0.113 e. The third-order valence-electron chi connectivity index (χ3n) is 2.07. The Morgan fingerprint density at radius 2 is 2.31 bits per heavy atom. The van der Waals surface area contributed by atoms with E-state index in [1.807, 2.05) is 30.6 Å². The van der Waals surface area contributed by atoms with E-state index in [4.69, 9.17) is 5.11 Å². The average molecular weight is 176 g/mol. The minimum absolute atomic E-state index is 0.224.